The van der Waals surface area contributed by atoms with Gasteiger partial charge in [-0.2, -0.15) is 0 Å². The summed E-state index contributed by atoms with van der Waals surface area (Å²) in [4.78, 5) is 4.38. The number of aliphatic hydroxyl groups is 2. The third kappa shape index (κ3) is 3.58. The molecule has 0 amide bonds. The molecule has 0 aliphatic rings. The van der Waals surface area contributed by atoms with E-state index in [1.54, 1.807) is 0 Å². The molecule has 1 unspecified atom stereocenters. The molecule has 5 nitrogen and oxygen atoms in total. The molecule has 5 heteroatoms. The molecule has 2 N–H and O–H groups in total. The molecule has 3 aromatic rings. The van der Waals surface area contributed by atoms with Crippen LogP contribution in [0.2, 0.25) is 0 Å². The quantitative estimate of drug-likeness (QED) is 0.700. The van der Waals surface area contributed by atoms with Gasteiger partial charge in [0.1, 0.15) is 30.9 Å². The van der Waals surface area contributed by atoms with Gasteiger partial charge in [0.05, 0.1) is 17.6 Å². The maximum absolute atomic E-state index is 10.3. The summed E-state index contributed by atoms with van der Waals surface area (Å²) < 4.78 is 7.49. The molecule has 126 valence electrons. The molecule has 0 spiro atoms. The zero-order chi connectivity index (χ0) is 16.9. The number of hydrogen-bond donors (Lipinski definition) is 2. The first-order chi connectivity index (χ1) is 11.7. The van der Waals surface area contributed by atoms with Gasteiger partial charge < -0.3 is 19.5 Å². The van der Waals surface area contributed by atoms with E-state index >= 15 is 0 Å². The molecular formula is C19H22N2O3. The average Bonchev–Trinajstić information content (AvgIpc) is 2.98. The number of aliphatic hydroxyl groups excluding tert-OH is 2. The Morgan fingerprint density at radius 2 is 1.88 bits per heavy atom. The number of hydrogen-bond acceptors (Lipinski definition) is 4. The monoisotopic (exact) mass is 326 g/mol. The highest BCUT2D eigenvalue weighted by Gasteiger charge is 2.14. The highest BCUT2D eigenvalue weighted by atomic mass is 16.5. The molecule has 1 aromatic heterocycles. The van der Waals surface area contributed by atoms with E-state index in [0.29, 0.717) is 12.4 Å². The summed E-state index contributed by atoms with van der Waals surface area (Å²) in [5.74, 6) is 1.28. The molecule has 0 aliphatic heterocycles. The van der Waals surface area contributed by atoms with Gasteiger partial charge in [0.2, 0.25) is 0 Å². The maximum Gasteiger partial charge on any atom is 0.135 e. The van der Waals surface area contributed by atoms with Crippen LogP contribution in [0, 0.1) is 0 Å². The molecule has 0 saturated carbocycles. The number of imidazole rings is 1. The largest absolute Gasteiger partial charge is 0.491 e. The molecule has 0 fully saturated rings. The van der Waals surface area contributed by atoms with Gasteiger partial charge >= 0.3 is 0 Å². The minimum Gasteiger partial charge on any atom is -0.491 e. The minimum atomic E-state index is -0.696. The van der Waals surface area contributed by atoms with Crippen molar-refractivity contribution in [2.75, 3.05) is 6.61 Å². The van der Waals surface area contributed by atoms with Gasteiger partial charge in [-0.3, -0.25) is 0 Å². The van der Waals surface area contributed by atoms with Gasteiger partial charge in [-0.1, -0.05) is 31.2 Å². The Bertz CT molecular complexity index is 796. The predicted octanol–water partition coefficient (Wildman–Crippen LogP) is 2.53. The number of benzene rings is 2. The second-order valence-electron chi connectivity index (χ2n) is 5.75. The Morgan fingerprint density at radius 3 is 2.58 bits per heavy atom. The Balaban J connectivity index is 1.67. The maximum atomic E-state index is 10.3. The first-order valence-electron chi connectivity index (χ1n) is 8.16. The topological polar surface area (TPSA) is 67.5 Å². The van der Waals surface area contributed by atoms with E-state index in [-0.39, 0.29) is 13.2 Å². The third-order valence-corrected chi connectivity index (χ3v) is 4.04. The van der Waals surface area contributed by atoms with E-state index in [0.717, 1.165) is 23.2 Å². The molecule has 1 heterocycles. The summed E-state index contributed by atoms with van der Waals surface area (Å²) in [5, 5.41) is 19.8. The molecule has 0 bridgehead atoms. The van der Waals surface area contributed by atoms with E-state index in [4.69, 9.17) is 4.74 Å². The standard InChI is InChI=1S/C19H22N2O3/c1-2-14-7-9-16(10-8-14)24-13-15(23)11-21-18-6-4-3-5-17(18)20-19(21)12-22/h3-10,15,22-23H,2,11-13H2,1H3. The highest BCUT2D eigenvalue weighted by molar-refractivity contribution is 5.75. The second kappa shape index (κ2) is 7.47. The molecule has 0 radical (unpaired) electrons. The lowest BCUT2D eigenvalue weighted by molar-refractivity contribution is 0.0915. The molecule has 1 atom stereocenters. The fourth-order valence-corrected chi connectivity index (χ4v) is 2.73. The van der Waals surface area contributed by atoms with Crippen LogP contribution in [-0.2, 0) is 19.6 Å². The second-order valence-corrected chi connectivity index (χ2v) is 5.75. The first kappa shape index (κ1) is 16.5. The Labute approximate surface area is 141 Å². The van der Waals surface area contributed by atoms with Crippen molar-refractivity contribution >= 4 is 11.0 Å². The number of aryl methyl sites for hydroxylation is 1. The van der Waals surface area contributed by atoms with Crippen molar-refractivity contribution in [1.82, 2.24) is 9.55 Å². The number of ether oxygens (including phenoxy) is 1. The van der Waals surface area contributed by atoms with Crippen LogP contribution in [0.25, 0.3) is 11.0 Å². The van der Waals surface area contributed by atoms with Crippen molar-refractivity contribution in [2.24, 2.45) is 0 Å². The molecular weight excluding hydrogens is 304 g/mol. The zero-order valence-electron chi connectivity index (χ0n) is 13.7. The predicted molar refractivity (Wildman–Crippen MR) is 93.0 cm³/mol. The van der Waals surface area contributed by atoms with Crippen LogP contribution < -0.4 is 4.74 Å². The normalized spacial score (nSPS) is 12.5. The summed E-state index contributed by atoms with van der Waals surface area (Å²) in [6.07, 6.45) is 0.291. The van der Waals surface area contributed by atoms with Gasteiger partial charge in [-0.15, -0.1) is 0 Å². The van der Waals surface area contributed by atoms with Gasteiger partial charge in [0.15, 0.2) is 0 Å². The van der Waals surface area contributed by atoms with Gasteiger partial charge in [0, 0.05) is 0 Å². The van der Waals surface area contributed by atoms with Crippen LogP contribution in [-0.4, -0.2) is 32.5 Å². The summed E-state index contributed by atoms with van der Waals surface area (Å²) in [7, 11) is 0. The number of aromatic nitrogens is 2. The van der Waals surface area contributed by atoms with Crippen molar-refractivity contribution in [1.29, 1.82) is 0 Å². The molecule has 0 saturated heterocycles. The molecule has 0 aliphatic carbocycles. The zero-order valence-corrected chi connectivity index (χ0v) is 13.7. The number of fused-ring (bicyclic) bond motifs is 1. The Hall–Kier alpha value is -2.37. The van der Waals surface area contributed by atoms with Crippen LogP contribution in [0.4, 0.5) is 0 Å². The third-order valence-electron chi connectivity index (χ3n) is 4.04. The van der Waals surface area contributed by atoms with E-state index in [1.165, 1.54) is 5.56 Å². The number of rotatable bonds is 7. The van der Waals surface area contributed by atoms with Gasteiger partial charge in [-0.05, 0) is 36.2 Å². The van der Waals surface area contributed by atoms with E-state index < -0.39 is 6.10 Å². The van der Waals surface area contributed by atoms with Gasteiger partial charge in [0.25, 0.3) is 0 Å². The van der Waals surface area contributed by atoms with E-state index in [2.05, 4.69) is 11.9 Å². The number of nitrogens with zero attached hydrogens (tertiary/aromatic N) is 2. The fourth-order valence-electron chi connectivity index (χ4n) is 2.73. The van der Waals surface area contributed by atoms with Crippen LogP contribution >= 0.6 is 0 Å². The molecule has 24 heavy (non-hydrogen) atoms. The lowest BCUT2D eigenvalue weighted by Gasteiger charge is -2.15. The van der Waals surface area contributed by atoms with Crippen molar-refractivity contribution in [3.05, 3.63) is 59.9 Å². The Morgan fingerprint density at radius 1 is 1.12 bits per heavy atom. The molecule has 2 aromatic carbocycles. The summed E-state index contributed by atoms with van der Waals surface area (Å²) in [6, 6.07) is 15.5. The molecule has 3 rings (SSSR count). The van der Waals surface area contributed by atoms with Crippen molar-refractivity contribution < 1.29 is 14.9 Å². The van der Waals surface area contributed by atoms with Gasteiger partial charge in [-0.25, -0.2) is 4.98 Å². The summed E-state index contributed by atoms with van der Waals surface area (Å²) in [6.45, 7) is 2.45. The van der Waals surface area contributed by atoms with Crippen LogP contribution in [0.5, 0.6) is 5.75 Å². The highest BCUT2D eigenvalue weighted by Crippen LogP contribution is 2.17. The average molecular weight is 326 g/mol. The number of para-hydroxylation sites is 2. The van der Waals surface area contributed by atoms with Crippen LogP contribution in [0.15, 0.2) is 48.5 Å². The minimum absolute atomic E-state index is 0.166. The SMILES string of the molecule is CCc1ccc(OCC(O)Cn2c(CO)nc3ccccc32)cc1. The van der Waals surface area contributed by atoms with Crippen LogP contribution in [0.1, 0.15) is 18.3 Å². The smallest absolute Gasteiger partial charge is 0.135 e. The summed E-state index contributed by atoms with van der Waals surface area (Å²) in [5.41, 5.74) is 2.96. The van der Waals surface area contributed by atoms with E-state index in [9.17, 15) is 10.2 Å². The first-order valence-corrected chi connectivity index (χ1v) is 8.16. The fraction of sp³-hybridized carbons (Fsp3) is 0.316. The van der Waals surface area contributed by atoms with Crippen molar-refractivity contribution in [3.63, 3.8) is 0 Å². The Kier molecular flexibility index (Phi) is 5.13. The van der Waals surface area contributed by atoms with Crippen LogP contribution in [0.3, 0.4) is 0 Å². The van der Waals surface area contributed by atoms with Crippen molar-refractivity contribution in [3.8, 4) is 5.75 Å². The lowest BCUT2D eigenvalue weighted by Crippen LogP contribution is -2.24. The van der Waals surface area contributed by atoms with Crippen molar-refractivity contribution in [2.45, 2.75) is 32.6 Å². The summed E-state index contributed by atoms with van der Waals surface area (Å²) >= 11 is 0. The lowest BCUT2D eigenvalue weighted by atomic mass is 10.2. The van der Waals surface area contributed by atoms with E-state index in [1.807, 2.05) is 53.1 Å².